The molecular weight excluding hydrogens is 210 g/mol. The van der Waals surface area contributed by atoms with Gasteiger partial charge in [-0.1, -0.05) is 6.92 Å². The van der Waals surface area contributed by atoms with Crippen LogP contribution in [0.15, 0.2) is 11.4 Å². The maximum Gasteiger partial charge on any atom is 0.230 e. The Morgan fingerprint density at radius 1 is 1.47 bits per heavy atom. The van der Waals surface area contributed by atoms with E-state index in [9.17, 15) is 9.59 Å². The minimum atomic E-state index is -0.0320. The molecule has 1 fully saturated rings. The molecule has 0 aliphatic carbocycles. The van der Waals surface area contributed by atoms with E-state index >= 15 is 0 Å². The lowest BCUT2D eigenvalue weighted by Crippen LogP contribution is -2.24. The van der Waals surface area contributed by atoms with Crippen LogP contribution in [0.1, 0.15) is 23.8 Å². The molecular formula is C11H13NO2S. The van der Waals surface area contributed by atoms with Crippen molar-refractivity contribution in [3.63, 3.8) is 0 Å². The molecule has 1 saturated heterocycles. The van der Waals surface area contributed by atoms with Crippen molar-refractivity contribution >= 4 is 23.0 Å². The van der Waals surface area contributed by atoms with Gasteiger partial charge in [0.15, 0.2) is 5.78 Å². The molecule has 1 amide bonds. The van der Waals surface area contributed by atoms with Gasteiger partial charge in [0, 0.05) is 4.88 Å². The van der Waals surface area contributed by atoms with Gasteiger partial charge in [0.25, 0.3) is 0 Å². The number of carbonyl (C=O) groups is 2. The number of nitrogens with zero attached hydrogens (tertiary/aromatic N) is 1. The van der Waals surface area contributed by atoms with E-state index in [1.165, 1.54) is 10.4 Å². The van der Waals surface area contributed by atoms with Gasteiger partial charge in [-0.15, -0.1) is 11.3 Å². The van der Waals surface area contributed by atoms with E-state index in [2.05, 4.69) is 13.0 Å². The van der Waals surface area contributed by atoms with Crippen LogP contribution in [0.5, 0.6) is 0 Å². The third kappa shape index (κ3) is 2.09. The van der Waals surface area contributed by atoms with Gasteiger partial charge < -0.3 is 4.90 Å². The lowest BCUT2D eigenvalue weighted by atomic mass is 10.2. The third-order valence-electron chi connectivity index (χ3n) is 2.62. The van der Waals surface area contributed by atoms with Crippen LogP contribution in [-0.2, 0) is 22.6 Å². The summed E-state index contributed by atoms with van der Waals surface area (Å²) < 4.78 is 0. The molecule has 0 spiro atoms. The summed E-state index contributed by atoms with van der Waals surface area (Å²) in [4.78, 5) is 25.4. The zero-order valence-electron chi connectivity index (χ0n) is 8.66. The molecule has 0 saturated carbocycles. The molecule has 1 aromatic rings. The van der Waals surface area contributed by atoms with Crippen LogP contribution in [0.2, 0.25) is 0 Å². The number of thiophene rings is 1. The molecule has 15 heavy (non-hydrogen) atoms. The molecule has 0 bridgehead atoms. The Balaban J connectivity index is 2.09. The first-order valence-corrected chi connectivity index (χ1v) is 5.93. The molecule has 80 valence electrons. The smallest absolute Gasteiger partial charge is 0.230 e. The zero-order valence-corrected chi connectivity index (χ0v) is 9.47. The fourth-order valence-corrected chi connectivity index (χ4v) is 2.77. The number of hydrogen-bond donors (Lipinski definition) is 0. The summed E-state index contributed by atoms with van der Waals surface area (Å²) in [5, 5.41) is 2.04. The topological polar surface area (TPSA) is 37.4 Å². The number of ketones is 1. The van der Waals surface area contributed by atoms with E-state index in [0.29, 0.717) is 13.1 Å². The highest BCUT2D eigenvalue weighted by atomic mass is 32.1. The molecule has 0 aromatic carbocycles. The molecule has 0 atom stereocenters. The molecule has 3 nitrogen and oxygen atoms in total. The highest BCUT2D eigenvalue weighted by Gasteiger charge is 2.27. The summed E-state index contributed by atoms with van der Waals surface area (Å²) in [5.74, 6) is 0.00468. The highest BCUT2D eigenvalue weighted by Crippen LogP contribution is 2.21. The first-order chi connectivity index (χ1) is 7.20. The fourth-order valence-electron chi connectivity index (χ4n) is 1.78. The molecule has 4 heteroatoms. The van der Waals surface area contributed by atoms with Gasteiger partial charge in [0.2, 0.25) is 5.91 Å². The van der Waals surface area contributed by atoms with E-state index < -0.39 is 0 Å². The van der Waals surface area contributed by atoms with Crippen LogP contribution in [0.25, 0.3) is 0 Å². The second-order valence-electron chi connectivity index (χ2n) is 3.69. The Hall–Kier alpha value is -1.16. The molecule has 0 N–H and O–H groups in total. The Morgan fingerprint density at radius 3 is 2.87 bits per heavy atom. The maximum absolute atomic E-state index is 11.4. The molecule has 1 aliphatic heterocycles. The highest BCUT2D eigenvalue weighted by molar-refractivity contribution is 7.10. The van der Waals surface area contributed by atoms with Crippen LogP contribution in [-0.4, -0.2) is 23.1 Å². The van der Waals surface area contributed by atoms with Crippen molar-refractivity contribution in [3.8, 4) is 0 Å². The number of rotatable bonds is 3. The van der Waals surface area contributed by atoms with Gasteiger partial charge in [0.1, 0.15) is 0 Å². The van der Waals surface area contributed by atoms with E-state index in [0.717, 1.165) is 6.42 Å². The summed E-state index contributed by atoms with van der Waals surface area (Å²) in [6.07, 6.45) is 1.07. The maximum atomic E-state index is 11.4. The quantitative estimate of drug-likeness (QED) is 0.730. The second kappa shape index (κ2) is 4.14. The van der Waals surface area contributed by atoms with E-state index in [-0.39, 0.29) is 18.1 Å². The summed E-state index contributed by atoms with van der Waals surface area (Å²) in [5.41, 5.74) is 1.28. The average Bonchev–Trinajstić information content (AvgIpc) is 2.74. The van der Waals surface area contributed by atoms with Crippen molar-refractivity contribution in [2.45, 2.75) is 26.3 Å². The number of likely N-dealkylation sites (tertiary alicyclic amines) is 1. The number of Topliss-reactive ketones (excluding diaryl/α,β-unsaturated/α-hetero) is 1. The minimum absolute atomic E-state index is 0.0320. The van der Waals surface area contributed by atoms with Crippen molar-refractivity contribution in [2.75, 3.05) is 6.54 Å². The Bertz CT molecular complexity index is 397. The van der Waals surface area contributed by atoms with Crippen LogP contribution in [0.4, 0.5) is 0 Å². The predicted molar refractivity (Wildman–Crippen MR) is 58.7 cm³/mol. The Labute approximate surface area is 92.7 Å². The number of aryl methyl sites for hydroxylation is 1. The monoisotopic (exact) mass is 223 g/mol. The van der Waals surface area contributed by atoms with E-state index in [4.69, 9.17) is 0 Å². The first kappa shape index (κ1) is 10.4. The Morgan fingerprint density at radius 2 is 2.27 bits per heavy atom. The zero-order chi connectivity index (χ0) is 10.8. The average molecular weight is 223 g/mol. The van der Waals surface area contributed by atoms with Gasteiger partial charge in [-0.2, -0.15) is 0 Å². The van der Waals surface area contributed by atoms with Crippen LogP contribution < -0.4 is 0 Å². The number of hydrogen-bond acceptors (Lipinski definition) is 3. The Kier molecular flexibility index (Phi) is 2.86. The summed E-state index contributed by atoms with van der Waals surface area (Å²) in [7, 11) is 0. The van der Waals surface area contributed by atoms with E-state index in [1.807, 2.05) is 5.38 Å². The summed E-state index contributed by atoms with van der Waals surface area (Å²) in [6.45, 7) is 2.99. The molecule has 1 aliphatic rings. The lowest BCUT2D eigenvalue weighted by Gasteiger charge is -2.14. The number of carbonyl (C=O) groups excluding carboxylic acids is 2. The third-order valence-corrected chi connectivity index (χ3v) is 3.57. The van der Waals surface area contributed by atoms with Crippen molar-refractivity contribution in [1.82, 2.24) is 4.90 Å². The van der Waals surface area contributed by atoms with Crippen LogP contribution in [0, 0.1) is 0 Å². The van der Waals surface area contributed by atoms with Crippen molar-refractivity contribution in [1.29, 1.82) is 0 Å². The second-order valence-corrected chi connectivity index (χ2v) is 4.69. The summed E-state index contributed by atoms with van der Waals surface area (Å²) in [6, 6.07) is 2.09. The molecule has 1 aromatic heterocycles. The van der Waals surface area contributed by atoms with Gasteiger partial charge in [-0.3, -0.25) is 9.59 Å². The fraction of sp³-hybridized carbons (Fsp3) is 0.455. The standard InChI is InChI=1S/C11H13NO2S/c1-2-8-3-4-15-10(8)7-12-6-9(13)5-11(12)14/h3-4H,2,5-7H2,1H3. The largest absolute Gasteiger partial charge is 0.330 e. The SMILES string of the molecule is CCc1ccsc1CN1CC(=O)CC1=O. The van der Waals surface area contributed by atoms with Crippen molar-refractivity contribution < 1.29 is 9.59 Å². The molecule has 0 unspecified atom stereocenters. The van der Waals surface area contributed by atoms with Gasteiger partial charge in [0.05, 0.1) is 19.5 Å². The molecule has 2 rings (SSSR count). The summed E-state index contributed by atoms with van der Waals surface area (Å²) >= 11 is 1.66. The normalized spacial score (nSPS) is 16.5. The van der Waals surface area contributed by atoms with Crippen molar-refractivity contribution in [3.05, 3.63) is 21.9 Å². The number of amides is 1. The minimum Gasteiger partial charge on any atom is -0.330 e. The van der Waals surface area contributed by atoms with E-state index in [1.54, 1.807) is 16.2 Å². The predicted octanol–water partition coefficient (Wildman–Crippen LogP) is 1.61. The lowest BCUT2D eigenvalue weighted by molar-refractivity contribution is -0.128. The first-order valence-electron chi connectivity index (χ1n) is 5.05. The van der Waals surface area contributed by atoms with Gasteiger partial charge >= 0.3 is 0 Å². The van der Waals surface area contributed by atoms with Gasteiger partial charge in [-0.05, 0) is 23.4 Å². The van der Waals surface area contributed by atoms with Crippen LogP contribution in [0.3, 0.4) is 0 Å². The molecule has 0 radical (unpaired) electrons. The van der Waals surface area contributed by atoms with Crippen molar-refractivity contribution in [2.24, 2.45) is 0 Å². The van der Waals surface area contributed by atoms with Gasteiger partial charge in [-0.25, -0.2) is 0 Å². The van der Waals surface area contributed by atoms with Crippen LogP contribution >= 0.6 is 11.3 Å². The molecule has 2 heterocycles.